The molecule has 0 spiro atoms. The summed E-state index contributed by atoms with van der Waals surface area (Å²) in [5, 5.41) is 21.4. The van der Waals surface area contributed by atoms with Crippen LogP contribution in [0.1, 0.15) is 46.1 Å². The van der Waals surface area contributed by atoms with E-state index < -0.39 is 16.0 Å². The molecule has 5 rings (SSSR count). The van der Waals surface area contributed by atoms with Crippen LogP contribution < -0.4 is 5.32 Å². The third kappa shape index (κ3) is 8.24. The minimum Gasteiger partial charge on any atom is -0.392 e. The van der Waals surface area contributed by atoms with Gasteiger partial charge in [0.15, 0.2) is 10.6 Å². The summed E-state index contributed by atoms with van der Waals surface area (Å²) in [7, 11) is 0. The topological polar surface area (TPSA) is 93.6 Å². The van der Waals surface area contributed by atoms with Crippen LogP contribution in [0, 0.1) is 6.92 Å². The van der Waals surface area contributed by atoms with Crippen molar-refractivity contribution in [3.8, 4) is 11.1 Å². The van der Waals surface area contributed by atoms with Gasteiger partial charge >= 0.3 is 0 Å². The average molecular weight is 665 g/mol. The van der Waals surface area contributed by atoms with E-state index in [1.807, 2.05) is 79.7 Å². The van der Waals surface area contributed by atoms with Gasteiger partial charge in [0.1, 0.15) is 5.01 Å². The lowest BCUT2D eigenvalue weighted by Gasteiger charge is -2.36. The lowest BCUT2D eigenvalue weighted by Crippen LogP contribution is -2.33. The van der Waals surface area contributed by atoms with E-state index in [0.29, 0.717) is 6.42 Å². The molecule has 220 valence electrons. The SMILES string of the molecule is Cc1nnc(SC[C@H]2C[C@@H](c3ccc(CO)cc3)O[C@@H](c3ccc(-c4cccc(CNC(=O)C(Cl)(Cl)Cl)c4)cc3)O2)s1. The van der Waals surface area contributed by atoms with Crippen molar-refractivity contribution in [3.05, 3.63) is 100 Å². The van der Waals surface area contributed by atoms with Gasteiger partial charge in [-0.05, 0) is 40.8 Å². The Bertz CT molecular complexity index is 1500. The number of hydrogen-bond donors (Lipinski definition) is 2. The summed E-state index contributed by atoms with van der Waals surface area (Å²) in [5.41, 5.74) is 5.66. The predicted molar refractivity (Wildman–Crippen MR) is 168 cm³/mol. The van der Waals surface area contributed by atoms with Crippen LogP contribution in [-0.2, 0) is 27.4 Å². The smallest absolute Gasteiger partial charge is 0.272 e. The number of thioether (sulfide) groups is 1. The monoisotopic (exact) mass is 663 g/mol. The van der Waals surface area contributed by atoms with Gasteiger partial charge in [0, 0.05) is 24.3 Å². The molecule has 0 bridgehead atoms. The Balaban J connectivity index is 1.31. The van der Waals surface area contributed by atoms with Crippen molar-refractivity contribution < 1.29 is 19.4 Å². The van der Waals surface area contributed by atoms with Crippen LogP contribution in [0.3, 0.4) is 0 Å². The molecule has 2 N–H and O–H groups in total. The molecule has 2 heterocycles. The molecule has 1 aliphatic rings. The molecule has 1 fully saturated rings. The first-order chi connectivity index (χ1) is 20.2. The maximum Gasteiger partial charge on any atom is 0.272 e. The standard InChI is InChI=1S/C30H28Cl3N3O4S2/c1-18-35-36-29(42-18)41-17-25-14-26(22-7-5-19(16-37)6-8-22)40-27(39-25)23-11-9-21(10-12-23)24-4-2-3-20(13-24)15-34-28(38)30(31,32)33/h2-13,25-27,37H,14-17H2,1H3,(H,34,38)/t25-,26+,27+/m1/s1. The van der Waals surface area contributed by atoms with Gasteiger partial charge in [0.05, 0.1) is 18.8 Å². The van der Waals surface area contributed by atoms with Crippen LogP contribution in [0.15, 0.2) is 77.1 Å². The van der Waals surface area contributed by atoms with Gasteiger partial charge < -0.3 is 19.9 Å². The first kappa shape index (κ1) is 31.2. The first-order valence-corrected chi connectivity index (χ1v) is 16.1. The Morgan fingerprint density at radius 1 is 1.00 bits per heavy atom. The van der Waals surface area contributed by atoms with Gasteiger partial charge in [-0.15, -0.1) is 10.2 Å². The number of ether oxygens (including phenoxy) is 2. The molecule has 0 radical (unpaired) electrons. The predicted octanol–water partition coefficient (Wildman–Crippen LogP) is 7.33. The quantitative estimate of drug-likeness (QED) is 0.143. The molecule has 4 aromatic rings. The molecule has 3 atom stereocenters. The zero-order chi connectivity index (χ0) is 29.7. The summed E-state index contributed by atoms with van der Waals surface area (Å²) < 4.78 is 11.8. The van der Waals surface area contributed by atoms with Crippen molar-refractivity contribution >= 4 is 63.8 Å². The lowest BCUT2D eigenvalue weighted by molar-refractivity contribution is -0.245. The summed E-state index contributed by atoms with van der Waals surface area (Å²) in [6, 6.07) is 23.7. The minimum absolute atomic E-state index is 0.00305. The number of nitrogens with zero attached hydrogens (tertiary/aromatic N) is 2. The van der Waals surface area contributed by atoms with Gasteiger partial charge in [-0.25, -0.2) is 0 Å². The van der Waals surface area contributed by atoms with Crippen molar-refractivity contribution in [2.45, 2.75) is 53.1 Å². The fourth-order valence-corrected chi connectivity index (χ4v) is 6.56. The maximum atomic E-state index is 11.9. The number of halogens is 3. The van der Waals surface area contributed by atoms with Crippen LogP contribution in [0.5, 0.6) is 0 Å². The van der Waals surface area contributed by atoms with Crippen LogP contribution in [0.2, 0.25) is 0 Å². The highest BCUT2D eigenvalue weighted by Crippen LogP contribution is 2.40. The number of hydrogen-bond acceptors (Lipinski definition) is 8. The Morgan fingerprint density at radius 2 is 1.74 bits per heavy atom. The third-order valence-electron chi connectivity index (χ3n) is 6.67. The number of alkyl halides is 3. The van der Waals surface area contributed by atoms with E-state index in [2.05, 4.69) is 15.5 Å². The summed E-state index contributed by atoms with van der Waals surface area (Å²) in [5.74, 6) is 0.0480. The maximum absolute atomic E-state index is 11.9. The molecular formula is C30H28Cl3N3O4S2. The van der Waals surface area contributed by atoms with Crippen molar-refractivity contribution in [1.29, 1.82) is 0 Å². The normalized spacial score (nSPS) is 19.0. The van der Waals surface area contributed by atoms with Gasteiger partial charge in [0.2, 0.25) is 0 Å². The van der Waals surface area contributed by atoms with Crippen molar-refractivity contribution in [2.24, 2.45) is 0 Å². The fraction of sp³-hybridized carbons (Fsp3) is 0.300. The molecule has 1 aliphatic heterocycles. The second-order valence-electron chi connectivity index (χ2n) is 9.75. The highest BCUT2D eigenvalue weighted by atomic mass is 35.6. The number of rotatable bonds is 9. The van der Waals surface area contributed by atoms with Gasteiger partial charge in [0.25, 0.3) is 9.70 Å². The first-order valence-electron chi connectivity index (χ1n) is 13.2. The molecular weight excluding hydrogens is 637 g/mol. The lowest BCUT2D eigenvalue weighted by atomic mass is 9.99. The molecule has 1 aromatic heterocycles. The number of aliphatic hydroxyl groups is 1. The number of nitrogens with one attached hydrogen (secondary N) is 1. The molecule has 0 aliphatic carbocycles. The molecule has 3 aromatic carbocycles. The molecule has 0 unspecified atom stereocenters. The van der Waals surface area contributed by atoms with Crippen molar-refractivity contribution in [2.75, 3.05) is 5.75 Å². The molecule has 7 nitrogen and oxygen atoms in total. The minimum atomic E-state index is -2.01. The Hall–Kier alpha value is -2.21. The Morgan fingerprint density at radius 3 is 2.40 bits per heavy atom. The molecule has 0 saturated carbocycles. The van der Waals surface area contributed by atoms with Crippen LogP contribution in [-0.4, -0.2) is 36.9 Å². The van der Waals surface area contributed by atoms with Crippen molar-refractivity contribution in [3.63, 3.8) is 0 Å². The van der Waals surface area contributed by atoms with E-state index in [1.165, 1.54) is 0 Å². The van der Waals surface area contributed by atoms with Crippen LogP contribution in [0.25, 0.3) is 11.1 Å². The van der Waals surface area contributed by atoms with Crippen LogP contribution in [0.4, 0.5) is 0 Å². The van der Waals surface area contributed by atoms with E-state index in [-0.39, 0.29) is 25.4 Å². The summed E-state index contributed by atoms with van der Waals surface area (Å²) >= 11 is 20.2. The van der Waals surface area contributed by atoms with E-state index in [4.69, 9.17) is 44.3 Å². The second-order valence-corrected chi connectivity index (χ2v) is 14.5. The zero-order valence-electron chi connectivity index (χ0n) is 22.5. The molecule has 42 heavy (non-hydrogen) atoms. The van der Waals surface area contributed by atoms with Crippen molar-refractivity contribution in [1.82, 2.24) is 15.5 Å². The number of aliphatic hydroxyl groups excluding tert-OH is 1. The summed E-state index contributed by atoms with van der Waals surface area (Å²) in [6.45, 7) is 2.18. The largest absolute Gasteiger partial charge is 0.392 e. The molecule has 12 heteroatoms. The van der Waals surface area contributed by atoms with E-state index in [1.54, 1.807) is 23.1 Å². The number of benzene rings is 3. The number of aromatic nitrogens is 2. The molecule has 1 amide bonds. The summed E-state index contributed by atoms with van der Waals surface area (Å²) in [6.07, 6.45) is -0.0998. The van der Waals surface area contributed by atoms with Crippen LogP contribution >= 0.6 is 57.9 Å². The zero-order valence-corrected chi connectivity index (χ0v) is 26.4. The van der Waals surface area contributed by atoms with E-state index in [0.717, 1.165) is 48.5 Å². The Labute approximate surface area is 267 Å². The highest BCUT2D eigenvalue weighted by molar-refractivity contribution is 8.01. The number of carbonyl (C=O) groups is 1. The third-order valence-corrected chi connectivity index (χ3v) is 9.29. The number of amides is 1. The summed E-state index contributed by atoms with van der Waals surface area (Å²) in [4.78, 5) is 11.9. The van der Waals surface area contributed by atoms with E-state index >= 15 is 0 Å². The fourth-order valence-electron chi connectivity index (χ4n) is 4.50. The van der Waals surface area contributed by atoms with Gasteiger partial charge in [-0.1, -0.05) is 125 Å². The number of carbonyl (C=O) groups excluding carboxylic acids is 1. The van der Waals surface area contributed by atoms with Gasteiger partial charge in [-0.3, -0.25) is 4.79 Å². The van der Waals surface area contributed by atoms with E-state index in [9.17, 15) is 9.90 Å². The average Bonchev–Trinajstić information content (AvgIpc) is 3.43. The molecule has 1 saturated heterocycles. The Kier molecular flexibility index (Phi) is 10.4. The van der Waals surface area contributed by atoms with Gasteiger partial charge in [-0.2, -0.15) is 0 Å². The second kappa shape index (κ2) is 14.1. The number of aryl methyl sites for hydroxylation is 1. The highest BCUT2D eigenvalue weighted by Gasteiger charge is 2.33.